The minimum absolute atomic E-state index is 0.0908. The summed E-state index contributed by atoms with van der Waals surface area (Å²) in [6.45, 7) is 1.80. The summed E-state index contributed by atoms with van der Waals surface area (Å²) in [6, 6.07) is 6.68. The molecule has 0 unspecified atom stereocenters. The van der Waals surface area contributed by atoms with E-state index < -0.39 is 0 Å². The van der Waals surface area contributed by atoms with E-state index in [0.717, 1.165) is 35.0 Å². The van der Waals surface area contributed by atoms with Crippen molar-refractivity contribution < 1.29 is 5.11 Å². The van der Waals surface area contributed by atoms with Crippen LogP contribution in [-0.2, 0) is 12.8 Å². The largest absolute Gasteiger partial charge is 0.508 e. The molecule has 0 atom stereocenters. The van der Waals surface area contributed by atoms with E-state index in [2.05, 4.69) is 10.1 Å². The molecule has 5 nitrogen and oxygen atoms in total. The molecule has 0 radical (unpaired) electrons. The Morgan fingerprint density at radius 1 is 1.25 bits per heavy atom. The van der Waals surface area contributed by atoms with E-state index in [-0.39, 0.29) is 11.3 Å². The van der Waals surface area contributed by atoms with E-state index in [0.29, 0.717) is 5.82 Å². The zero-order chi connectivity index (χ0) is 16.7. The number of phenolic OH excluding ortho intramolecular Hbond substituents is 1. The molecule has 4 rings (SSSR count). The van der Waals surface area contributed by atoms with E-state index in [9.17, 15) is 9.90 Å². The van der Waals surface area contributed by atoms with Crippen molar-refractivity contribution in [2.24, 2.45) is 5.10 Å². The first kappa shape index (κ1) is 15.1. The summed E-state index contributed by atoms with van der Waals surface area (Å²) in [5.41, 5.74) is 1.89. The van der Waals surface area contributed by atoms with Crippen molar-refractivity contribution in [3.05, 3.63) is 56.4 Å². The molecule has 2 aromatic heterocycles. The number of thiophene rings is 1. The van der Waals surface area contributed by atoms with E-state index >= 15 is 0 Å². The molecule has 24 heavy (non-hydrogen) atoms. The second-order valence-electron chi connectivity index (χ2n) is 6.00. The zero-order valence-corrected chi connectivity index (χ0v) is 14.1. The molecule has 1 aromatic carbocycles. The highest BCUT2D eigenvalue weighted by Gasteiger charge is 2.20. The van der Waals surface area contributed by atoms with Crippen molar-refractivity contribution in [2.45, 2.75) is 32.6 Å². The molecule has 0 aliphatic heterocycles. The lowest BCUT2D eigenvalue weighted by Crippen LogP contribution is -2.21. The summed E-state index contributed by atoms with van der Waals surface area (Å²) >= 11 is 1.65. The van der Waals surface area contributed by atoms with Gasteiger partial charge in [0.05, 0.1) is 11.6 Å². The average molecular weight is 339 g/mol. The van der Waals surface area contributed by atoms with Gasteiger partial charge >= 0.3 is 0 Å². The maximum absolute atomic E-state index is 12.9. The molecule has 2 heterocycles. The summed E-state index contributed by atoms with van der Waals surface area (Å²) < 4.78 is 1.37. The van der Waals surface area contributed by atoms with Crippen molar-refractivity contribution in [2.75, 3.05) is 0 Å². The van der Waals surface area contributed by atoms with Gasteiger partial charge in [0.15, 0.2) is 0 Å². The third-order valence-corrected chi connectivity index (χ3v) is 5.53. The van der Waals surface area contributed by atoms with E-state index in [1.54, 1.807) is 48.7 Å². The predicted molar refractivity (Wildman–Crippen MR) is 96.4 cm³/mol. The summed E-state index contributed by atoms with van der Waals surface area (Å²) in [7, 11) is 0. The van der Waals surface area contributed by atoms with Gasteiger partial charge in [0.2, 0.25) is 0 Å². The van der Waals surface area contributed by atoms with Crippen molar-refractivity contribution in [3.8, 4) is 5.75 Å². The third kappa shape index (κ3) is 2.53. The number of hydrogen-bond donors (Lipinski definition) is 1. The van der Waals surface area contributed by atoms with Crippen LogP contribution in [0.5, 0.6) is 5.75 Å². The highest BCUT2D eigenvalue weighted by Crippen LogP contribution is 2.33. The minimum atomic E-state index is -0.0908. The second-order valence-corrected chi connectivity index (χ2v) is 7.09. The molecule has 0 saturated heterocycles. The van der Waals surface area contributed by atoms with Crippen LogP contribution in [0.25, 0.3) is 10.2 Å². The molecule has 0 spiro atoms. The fourth-order valence-electron chi connectivity index (χ4n) is 3.12. The lowest BCUT2D eigenvalue weighted by atomic mass is 9.97. The molecule has 1 aliphatic carbocycles. The van der Waals surface area contributed by atoms with Gasteiger partial charge in [-0.2, -0.15) is 9.78 Å². The van der Waals surface area contributed by atoms with Gasteiger partial charge in [-0.25, -0.2) is 4.98 Å². The van der Waals surface area contributed by atoms with Gasteiger partial charge in [-0.15, -0.1) is 11.3 Å². The molecule has 0 saturated carbocycles. The van der Waals surface area contributed by atoms with Crippen molar-refractivity contribution in [1.29, 1.82) is 0 Å². The Labute approximate surface area is 142 Å². The van der Waals surface area contributed by atoms with Gasteiger partial charge < -0.3 is 5.11 Å². The van der Waals surface area contributed by atoms with Crippen LogP contribution < -0.4 is 5.56 Å². The Hall–Kier alpha value is -2.47. The quantitative estimate of drug-likeness (QED) is 0.729. The fourth-order valence-corrected chi connectivity index (χ4v) is 4.42. The molecule has 0 amide bonds. The Bertz CT molecular complexity index is 1000. The van der Waals surface area contributed by atoms with Gasteiger partial charge in [-0.05, 0) is 68.0 Å². The fraction of sp³-hybridized carbons (Fsp3) is 0.278. The normalized spacial score (nSPS) is 14.4. The number of benzene rings is 1. The van der Waals surface area contributed by atoms with Crippen molar-refractivity contribution in [1.82, 2.24) is 9.66 Å². The van der Waals surface area contributed by atoms with Crippen LogP contribution in [0.4, 0.5) is 0 Å². The number of phenols is 1. The lowest BCUT2D eigenvalue weighted by Gasteiger charge is -2.10. The highest BCUT2D eigenvalue weighted by molar-refractivity contribution is 7.18. The topological polar surface area (TPSA) is 67.5 Å². The van der Waals surface area contributed by atoms with E-state index in [1.165, 1.54) is 21.5 Å². The Morgan fingerprint density at radius 3 is 2.79 bits per heavy atom. The number of aromatic hydroxyl groups is 1. The molecule has 0 bridgehead atoms. The molecule has 1 aliphatic rings. The smallest absolute Gasteiger partial charge is 0.283 e. The first-order valence-corrected chi connectivity index (χ1v) is 8.82. The first-order valence-electron chi connectivity index (χ1n) is 8.01. The SMILES string of the molecule is Cc1nc2sc3c(c2c(=O)n1/N=C/c1ccc(O)cc1)CCCC3. The third-order valence-electron chi connectivity index (χ3n) is 4.34. The monoisotopic (exact) mass is 339 g/mol. The van der Waals surface area contributed by atoms with Crippen LogP contribution in [0.15, 0.2) is 34.2 Å². The summed E-state index contributed by atoms with van der Waals surface area (Å²) in [6.07, 6.45) is 5.93. The number of fused-ring (bicyclic) bond motifs is 3. The first-order chi connectivity index (χ1) is 11.6. The maximum Gasteiger partial charge on any atom is 0.283 e. The number of aryl methyl sites for hydroxylation is 3. The summed E-state index contributed by atoms with van der Waals surface area (Å²) in [5, 5.41) is 14.4. The number of nitrogens with zero attached hydrogens (tertiary/aromatic N) is 3. The Balaban J connectivity index is 1.83. The molecule has 1 N–H and O–H groups in total. The van der Waals surface area contributed by atoms with Crippen LogP contribution in [0.1, 0.15) is 34.7 Å². The Kier molecular flexibility index (Phi) is 3.69. The molecular formula is C18H17N3O2S. The molecule has 0 fully saturated rings. The lowest BCUT2D eigenvalue weighted by molar-refractivity contribution is 0.475. The second kappa shape index (κ2) is 5.87. The van der Waals surface area contributed by atoms with Gasteiger partial charge in [-0.1, -0.05) is 0 Å². The molecule has 6 heteroatoms. The number of aromatic nitrogens is 2. The highest BCUT2D eigenvalue weighted by atomic mass is 32.1. The Morgan fingerprint density at radius 2 is 2.00 bits per heavy atom. The number of hydrogen-bond acceptors (Lipinski definition) is 5. The zero-order valence-electron chi connectivity index (χ0n) is 13.3. The van der Waals surface area contributed by atoms with Gasteiger partial charge in [0.25, 0.3) is 5.56 Å². The number of rotatable bonds is 2. The van der Waals surface area contributed by atoms with Gasteiger partial charge in [-0.3, -0.25) is 4.79 Å². The van der Waals surface area contributed by atoms with Crippen LogP contribution in [-0.4, -0.2) is 21.0 Å². The van der Waals surface area contributed by atoms with Crippen molar-refractivity contribution >= 4 is 27.8 Å². The van der Waals surface area contributed by atoms with E-state index in [1.807, 2.05) is 0 Å². The molecule has 122 valence electrons. The summed E-state index contributed by atoms with van der Waals surface area (Å²) in [4.78, 5) is 19.7. The van der Waals surface area contributed by atoms with Crippen LogP contribution in [0, 0.1) is 6.92 Å². The predicted octanol–water partition coefficient (Wildman–Crippen LogP) is 3.23. The van der Waals surface area contributed by atoms with E-state index in [4.69, 9.17) is 0 Å². The standard InChI is InChI=1S/C18H17N3O2S/c1-11-20-17-16(14-4-2-3-5-15(14)24-17)18(23)21(11)19-10-12-6-8-13(22)9-7-12/h6-10,22H,2-5H2,1H3/b19-10+. The molecular weight excluding hydrogens is 322 g/mol. The average Bonchev–Trinajstić information content (AvgIpc) is 2.94. The van der Waals surface area contributed by atoms with Crippen molar-refractivity contribution in [3.63, 3.8) is 0 Å². The van der Waals surface area contributed by atoms with Crippen LogP contribution >= 0.6 is 11.3 Å². The maximum atomic E-state index is 12.9. The van der Waals surface area contributed by atoms with Crippen LogP contribution in [0.2, 0.25) is 0 Å². The summed E-state index contributed by atoms with van der Waals surface area (Å²) in [5.74, 6) is 0.787. The van der Waals surface area contributed by atoms with Crippen LogP contribution in [0.3, 0.4) is 0 Å². The minimum Gasteiger partial charge on any atom is -0.508 e. The van der Waals surface area contributed by atoms with Gasteiger partial charge in [0.1, 0.15) is 16.4 Å². The molecule has 3 aromatic rings. The van der Waals surface area contributed by atoms with Gasteiger partial charge in [0, 0.05) is 4.88 Å².